The maximum absolute atomic E-state index is 11.3. The minimum Gasteiger partial charge on any atom is -0.542 e. The molecule has 0 spiro atoms. The summed E-state index contributed by atoms with van der Waals surface area (Å²) in [5.74, 6) is -2.76. The summed E-state index contributed by atoms with van der Waals surface area (Å²) in [5.41, 5.74) is 4.23. The molecule has 1 atom stereocenters. The molecular weight excluding hydrogens is 333 g/mol. The largest absolute Gasteiger partial charge is 0.542 e. The lowest BCUT2D eigenvalue weighted by atomic mass is 10.4. The summed E-state index contributed by atoms with van der Waals surface area (Å²) in [5, 5.41) is 11.3. The van der Waals surface area contributed by atoms with Crippen LogP contribution in [0.4, 0.5) is 13.2 Å². The number of carboxylic acids is 1. The second-order valence-electron chi connectivity index (χ2n) is 3.46. The predicted molar refractivity (Wildman–Crippen MR) is 68.6 cm³/mol. The van der Waals surface area contributed by atoms with Gasteiger partial charge in [0.1, 0.15) is 12.0 Å². The maximum Gasteiger partial charge on any atom is 0.430 e. The molecule has 0 aromatic carbocycles. The maximum atomic E-state index is 11.3. The fourth-order valence-electron chi connectivity index (χ4n) is 0.852. The van der Waals surface area contributed by atoms with E-state index in [0.717, 1.165) is 5.01 Å². The summed E-state index contributed by atoms with van der Waals surface area (Å²) < 4.78 is 36.4. The number of hydrogen-bond donors (Lipinski definition) is 2. The number of esters is 1. The van der Waals surface area contributed by atoms with Crippen LogP contribution in [0, 0.1) is 0 Å². The first kappa shape index (κ1) is 19.7. The molecule has 120 valence electrons. The van der Waals surface area contributed by atoms with E-state index < -0.39 is 12.1 Å². The van der Waals surface area contributed by atoms with Gasteiger partial charge in [-0.3, -0.25) is 0 Å². The van der Waals surface area contributed by atoms with Gasteiger partial charge in [0.15, 0.2) is 10.7 Å². The average molecular weight is 346 g/mol. The molecule has 6 nitrogen and oxygen atoms in total. The van der Waals surface area contributed by atoms with Crippen molar-refractivity contribution >= 4 is 35.9 Å². The van der Waals surface area contributed by atoms with Crippen LogP contribution >= 0.6 is 24.0 Å². The van der Waals surface area contributed by atoms with Gasteiger partial charge in [-0.15, -0.1) is 11.3 Å². The van der Waals surface area contributed by atoms with Crippen LogP contribution < -0.4 is 10.8 Å². The van der Waals surface area contributed by atoms with Gasteiger partial charge >= 0.3 is 12.1 Å². The number of carboxylic acid groups (broad SMARTS) is 1. The summed E-state index contributed by atoms with van der Waals surface area (Å²) >= 11 is 5.53. The Balaban J connectivity index is 0.000000486. The van der Waals surface area contributed by atoms with Gasteiger partial charge in [-0.05, 0) is 6.92 Å². The molecule has 0 bridgehead atoms. The zero-order valence-corrected chi connectivity index (χ0v) is 12.6. The van der Waals surface area contributed by atoms with Crippen molar-refractivity contribution in [3.8, 4) is 0 Å². The van der Waals surface area contributed by atoms with E-state index >= 15 is 0 Å². The van der Waals surface area contributed by atoms with Crippen molar-refractivity contribution in [1.82, 2.24) is 4.98 Å². The smallest absolute Gasteiger partial charge is 0.430 e. The summed E-state index contributed by atoms with van der Waals surface area (Å²) in [6, 6.07) is 0.0338. The van der Waals surface area contributed by atoms with E-state index in [1.54, 1.807) is 12.3 Å². The molecule has 11 heteroatoms. The highest BCUT2D eigenvalue weighted by Gasteiger charge is 2.28. The Morgan fingerprint density at radius 1 is 1.57 bits per heavy atom. The Morgan fingerprint density at radius 3 is 2.48 bits per heavy atom. The molecule has 1 aromatic rings. The number of aromatic nitrogens is 1. The molecule has 0 unspecified atom stereocenters. The first-order chi connectivity index (χ1) is 9.63. The van der Waals surface area contributed by atoms with Crippen LogP contribution in [-0.2, 0) is 9.53 Å². The van der Waals surface area contributed by atoms with Crippen LogP contribution in [0.1, 0.15) is 28.5 Å². The summed E-state index contributed by atoms with van der Waals surface area (Å²) in [6.07, 6.45) is -5.19. The first-order valence-electron chi connectivity index (χ1n) is 5.48. The first-order valence-corrected chi connectivity index (χ1v) is 6.99. The second kappa shape index (κ2) is 8.85. The van der Waals surface area contributed by atoms with Gasteiger partial charge in [0, 0.05) is 11.1 Å². The number of ether oxygens (including phenoxy) is 1. The van der Waals surface area contributed by atoms with Crippen LogP contribution in [0.25, 0.3) is 0 Å². The third-order valence-corrected chi connectivity index (χ3v) is 3.26. The number of halogens is 3. The van der Waals surface area contributed by atoms with Gasteiger partial charge in [-0.25, -0.2) is 9.78 Å². The Hall–Kier alpha value is -1.33. The van der Waals surface area contributed by atoms with E-state index in [-0.39, 0.29) is 12.0 Å². The number of thiazole rings is 1. The van der Waals surface area contributed by atoms with Gasteiger partial charge in [-0.1, -0.05) is 0 Å². The molecular formula is C10H13F3N2O4S2. The molecule has 0 fully saturated rings. The number of hydrogen-bond acceptors (Lipinski definition) is 7. The molecule has 3 N–H and O–H groups in total. The minimum atomic E-state index is -5.19. The van der Waals surface area contributed by atoms with E-state index in [0.29, 0.717) is 18.1 Å². The van der Waals surface area contributed by atoms with E-state index in [1.165, 1.54) is 11.3 Å². The zero-order valence-electron chi connectivity index (χ0n) is 10.8. The molecule has 0 aliphatic rings. The number of aliphatic carboxylic acids is 1. The molecule has 0 aliphatic heterocycles. The third kappa shape index (κ3) is 7.29. The Morgan fingerprint density at radius 2 is 2.10 bits per heavy atom. The Bertz CT molecular complexity index is 479. The number of nitrogens with zero attached hydrogens (tertiary/aromatic N) is 1. The monoisotopic (exact) mass is 346 g/mol. The second-order valence-corrected chi connectivity index (χ2v) is 4.71. The van der Waals surface area contributed by atoms with Gasteiger partial charge < -0.3 is 20.4 Å². The molecule has 0 radical (unpaired) electrons. The number of rotatable bonds is 4. The third-order valence-electron chi connectivity index (χ3n) is 1.81. The van der Waals surface area contributed by atoms with Crippen molar-refractivity contribution in [2.45, 2.75) is 19.1 Å². The quantitative estimate of drug-likeness (QED) is 0.581. The zero-order chi connectivity index (χ0) is 16.6. The Kier molecular flexibility index (Phi) is 8.29. The van der Waals surface area contributed by atoms with Crippen molar-refractivity contribution in [2.75, 3.05) is 12.4 Å². The van der Waals surface area contributed by atoms with Gasteiger partial charge in [0.25, 0.3) is 0 Å². The topological polar surface area (TPSA) is 107 Å². The van der Waals surface area contributed by atoms with E-state index in [2.05, 4.69) is 23.3 Å². The van der Waals surface area contributed by atoms with E-state index in [9.17, 15) is 18.0 Å². The molecule has 0 amide bonds. The Labute approximate surface area is 127 Å². The number of carbonyl (C=O) groups is 2. The lowest BCUT2D eigenvalue weighted by Gasteiger charge is -2.03. The average Bonchev–Trinajstić information content (AvgIpc) is 2.87. The van der Waals surface area contributed by atoms with Gasteiger partial charge in [0.05, 0.1) is 6.61 Å². The van der Waals surface area contributed by atoms with Crippen LogP contribution in [0.2, 0.25) is 0 Å². The van der Waals surface area contributed by atoms with Gasteiger partial charge in [-0.2, -0.15) is 25.8 Å². The normalized spacial score (nSPS) is 12.1. The standard InChI is InChI=1S/C8H12N2O2S2.C2HF3O2/c1-2-12-8(11)6-4-14-7(10-6)5(9)3-13;3-2(4,5)1(6)7/h4-5,13H,2-3,9H2,1H3;(H,6,7)/t5-;/m0./s1. The number of alkyl halides is 3. The van der Waals surface area contributed by atoms with Crippen LogP contribution in [0.15, 0.2) is 5.38 Å². The highest BCUT2D eigenvalue weighted by molar-refractivity contribution is 7.80. The molecule has 0 aliphatic carbocycles. The summed E-state index contributed by atoms with van der Waals surface area (Å²) in [7, 11) is 0. The van der Waals surface area contributed by atoms with Crippen LogP contribution in [0.3, 0.4) is 0 Å². The lowest BCUT2D eigenvalue weighted by Crippen LogP contribution is -2.54. The van der Waals surface area contributed by atoms with E-state index in [1.807, 2.05) is 0 Å². The molecule has 0 saturated heterocycles. The molecule has 1 aromatic heterocycles. The van der Waals surface area contributed by atoms with Crippen molar-refractivity contribution < 1.29 is 38.3 Å². The fraction of sp³-hybridized carbons (Fsp3) is 0.500. The number of thiol groups is 1. The van der Waals surface area contributed by atoms with Gasteiger partial charge in [0.2, 0.25) is 0 Å². The highest BCUT2D eigenvalue weighted by Crippen LogP contribution is 2.16. The number of quaternary nitrogens is 1. The molecule has 0 saturated carbocycles. The molecule has 1 rings (SSSR count). The van der Waals surface area contributed by atoms with Crippen LogP contribution in [0.5, 0.6) is 0 Å². The summed E-state index contributed by atoms with van der Waals surface area (Å²) in [4.78, 5) is 24.2. The highest BCUT2D eigenvalue weighted by atomic mass is 32.1. The fourth-order valence-corrected chi connectivity index (χ4v) is 1.96. The van der Waals surface area contributed by atoms with Crippen LogP contribution in [-0.4, -0.2) is 35.5 Å². The molecule has 1 heterocycles. The number of carbonyl (C=O) groups excluding carboxylic acids is 2. The lowest BCUT2D eigenvalue weighted by molar-refractivity contribution is -0.418. The minimum absolute atomic E-state index is 0.0338. The predicted octanol–water partition coefficient (Wildman–Crippen LogP) is -0.169. The van der Waals surface area contributed by atoms with Crippen molar-refractivity contribution in [3.63, 3.8) is 0 Å². The summed E-state index contributed by atoms with van der Waals surface area (Å²) in [6.45, 7) is 2.13. The van der Waals surface area contributed by atoms with Crippen molar-refractivity contribution in [2.24, 2.45) is 0 Å². The van der Waals surface area contributed by atoms with E-state index in [4.69, 9.17) is 14.6 Å². The molecule has 21 heavy (non-hydrogen) atoms. The SMILES string of the molecule is CCOC(=O)c1csc([C@@H]([NH3+])CS)n1.O=C([O-])C(F)(F)F. The van der Waals surface area contributed by atoms with Crippen molar-refractivity contribution in [3.05, 3.63) is 16.1 Å². The van der Waals surface area contributed by atoms with Crippen molar-refractivity contribution in [1.29, 1.82) is 0 Å².